The first-order valence-electron chi connectivity index (χ1n) is 24.9. The van der Waals surface area contributed by atoms with Crippen LogP contribution < -0.4 is 10.2 Å². The molecule has 0 spiro atoms. The first kappa shape index (κ1) is 57.7. The van der Waals surface area contributed by atoms with Gasteiger partial charge in [-0.1, -0.05) is 198 Å². The van der Waals surface area contributed by atoms with Crippen LogP contribution in [0.15, 0.2) is 36.5 Å². The number of phosphoric acid groups is 1. The van der Waals surface area contributed by atoms with Crippen molar-refractivity contribution in [3.63, 3.8) is 0 Å². The number of aliphatic hydroxyl groups excluding tert-OH is 1. The van der Waals surface area contributed by atoms with Crippen LogP contribution in [0.1, 0.15) is 226 Å². The minimum Gasteiger partial charge on any atom is -0.756 e. The Bertz CT molecular complexity index is 1060. The Morgan fingerprint density at radius 2 is 0.949 bits per heavy atom. The van der Waals surface area contributed by atoms with Crippen LogP contribution in [-0.2, 0) is 18.4 Å². The second-order valence-corrected chi connectivity index (χ2v) is 19.6. The number of allylic oxidation sites excluding steroid dienone is 5. The van der Waals surface area contributed by atoms with E-state index in [1.807, 2.05) is 27.2 Å². The van der Waals surface area contributed by atoms with Crippen LogP contribution in [-0.4, -0.2) is 68.5 Å². The Hall–Kier alpha value is -1.28. The minimum absolute atomic E-state index is 0.00695. The maximum Gasteiger partial charge on any atom is 0.268 e. The molecule has 59 heavy (non-hydrogen) atoms. The van der Waals surface area contributed by atoms with E-state index in [0.29, 0.717) is 17.4 Å². The molecule has 0 aromatic rings. The van der Waals surface area contributed by atoms with Crippen LogP contribution in [0.3, 0.4) is 0 Å². The van der Waals surface area contributed by atoms with E-state index in [1.54, 1.807) is 6.08 Å². The van der Waals surface area contributed by atoms with Crippen LogP contribution in [0, 0.1) is 0 Å². The standard InChI is InChI=1S/C50H97N2O6P/c1-6-8-10-12-14-16-18-20-22-24-25-26-27-28-30-32-34-36-38-40-42-44-50(54)51-48(47-58-59(55,56)57-46-45-52(3,4)5)49(53)43-41-39-37-35-33-31-29-23-21-19-17-15-13-11-9-7-2/h26-27,33,35,41,43,48-49,53H,6-25,28-32,34,36-40,42,44-47H2,1-5H3,(H-,51,54,55,56)/b27-26-,35-33+,43-41+. The Balaban J connectivity index is 4.36. The van der Waals surface area contributed by atoms with Crippen molar-refractivity contribution in [2.24, 2.45) is 0 Å². The second kappa shape index (κ2) is 42.0. The zero-order chi connectivity index (χ0) is 43.6. The van der Waals surface area contributed by atoms with E-state index in [1.165, 1.54) is 167 Å². The van der Waals surface area contributed by atoms with Crippen LogP contribution in [0.5, 0.6) is 0 Å². The highest BCUT2D eigenvalue weighted by Crippen LogP contribution is 2.38. The Kier molecular flexibility index (Phi) is 41.1. The van der Waals surface area contributed by atoms with Gasteiger partial charge in [-0.15, -0.1) is 0 Å². The number of hydrogen-bond acceptors (Lipinski definition) is 6. The van der Waals surface area contributed by atoms with E-state index in [9.17, 15) is 19.4 Å². The normalized spacial score (nSPS) is 14.5. The van der Waals surface area contributed by atoms with Gasteiger partial charge in [0.25, 0.3) is 7.82 Å². The van der Waals surface area contributed by atoms with Crippen LogP contribution in [0.2, 0.25) is 0 Å². The van der Waals surface area contributed by atoms with Crippen molar-refractivity contribution in [1.82, 2.24) is 5.32 Å². The number of amides is 1. The smallest absolute Gasteiger partial charge is 0.268 e. The lowest BCUT2D eigenvalue weighted by Gasteiger charge is -2.29. The van der Waals surface area contributed by atoms with Gasteiger partial charge in [0.15, 0.2) is 0 Å². The molecule has 0 bridgehead atoms. The van der Waals surface area contributed by atoms with E-state index < -0.39 is 26.6 Å². The Labute approximate surface area is 366 Å². The van der Waals surface area contributed by atoms with Crippen LogP contribution in [0.4, 0.5) is 0 Å². The average Bonchev–Trinajstić information content (AvgIpc) is 3.19. The molecule has 0 aliphatic carbocycles. The van der Waals surface area contributed by atoms with Crippen LogP contribution >= 0.6 is 7.82 Å². The molecule has 0 saturated carbocycles. The number of nitrogens with zero attached hydrogens (tertiary/aromatic N) is 1. The Morgan fingerprint density at radius 3 is 1.37 bits per heavy atom. The van der Waals surface area contributed by atoms with Gasteiger partial charge in [-0.05, 0) is 57.8 Å². The molecule has 0 fully saturated rings. The molecule has 0 rings (SSSR count). The molecule has 1 amide bonds. The summed E-state index contributed by atoms with van der Waals surface area (Å²) in [5, 5.41) is 13.8. The summed E-state index contributed by atoms with van der Waals surface area (Å²) in [6.45, 7) is 4.63. The first-order valence-corrected chi connectivity index (χ1v) is 26.3. The molecule has 3 atom stereocenters. The van der Waals surface area contributed by atoms with Crippen molar-refractivity contribution >= 4 is 13.7 Å². The van der Waals surface area contributed by atoms with E-state index in [2.05, 4.69) is 43.5 Å². The monoisotopic (exact) mass is 853 g/mol. The predicted octanol–water partition coefficient (Wildman–Crippen LogP) is 13.6. The molecule has 0 saturated heterocycles. The number of hydrogen-bond donors (Lipinski definition) is 2. The zero-order valence-corrected chi connectivity index (χ0v) is 40.4. The van der Waals surface area contributed by atoms with E-state index in [4.69, 9.17) is 9.05 Å². The van der Waals surface area contributed by atoms with Crippen molar-refractivity contribution in [3.8, 4) is 0 Å². The molecular formula is C50H97N2O6P. The van der Waals surface area contributed by atoms with E-state index in [-0.39, 0.29) is 12.5 Å². The molecular weight excluding hydrogens is 756 g/mol. The number of unbranched alkanes of at least 4 members (excludes halogenated alkanes) is 28. The summed E-state index contributed by atoms with van der Waals surface area (Å²) in [4.78, 5) is 25.4. The third kappa shape index (κ3) is 44.6. The molecule has 0 heterocycles. The highest BCUT2D eigenvalue weighted by molar-refractivity contribution is 7.45. The topological polar surface area (TPSA) is 108 Å². The Morgan fingerprint density at radius 1 is 0.576 bits per heavy atom. The van der Waals surface area contributed by atoms with Crippen LogP contribution in [0.25, 0.3) is 0 Å². The summed E-state index contributed by atoms with van der Waals surface area (Å²) in [7, 11) is 1.24. The quantitative estimate of drug-likeness (QED) is 0.0273. The summed E-state index contributed by atoms with van der Waals surface area (Å²) in [6.07, 6.45) is 52.0. The van der Waals surface area contributed by atoms with Gasteiger partial charge in [0.05, 0.1) is 39.9 Å². The van der Waals surface area contributed by atoms with Gasteiger partial charge in [0, 0.05) is 6.42 Å². The van der Waals surface area contributed by atoms with Gasteiger partial charge in [-0.3, -0.25) is 9.36 Å². The highest BCUT2D eigenvalue weighted by Gasteiger charge is 2.23. The maximum atomic E-state index is 12.9. The predicted molar refractivity (Wildman–Crippen MR) is 251 cm³/mol. The maximum absolute atomic E-state index is 12.9. The molecule has 0 aliphatic heterocycles. The fourth-order valence-electron chi connectivity index (χ4n) is 7.10. The number of phosphoric ester groups is 1. The fraction of sp³-hybridized carbons (Fsp3) is 0.860. The molecule has 8 nitrogen and oxygen atoms in total. The number of rotatable bonds is 45. The third-order valence-electron chi connectivity index (χ3n) is 11.1. The number of carbonyl (C=O) groups excluding carboxylic acids is 1. The minimum atomic E-state index is -4.60. The lowest BCUT2D eigenvalue weighted by atomic mass is 10.1. The largest absolute Gasteiger partial charge is 0.756 e. The van der Waals surface area contributed by atoms with Crippen molar-refractivity contribution in [3.05, 3.63) is 36.5 Å². The summed E-state index contributed by atoms with van der Waals surface area (Å²) in [5.41, 5.74) is 0. The number of nitrogens with one attached hydrogen (secondary N) is 1. The van der Waals surface area contributed by atoms with Crippen molar-refractivity contribution < 1.29 is 32.9 Å². The number of quaternary nitrogens is 1. The molecule has 9 heteroatoms. The third-order valence-corrected chi connectivity index (χ3v) is 12.0. The lowest BCUT2D eigenvalue weighted by molar-refractivity contribution is -0.870. The van der Waals surface area contributed by atoms with Gasteiger partial charge in [0.2, 0.25) is 5.91 Å². The molecule has 0 aromatic heterocycles. The number of carbonyl (C=O) groups is 1. The van der Waals surface area contributed by atoms with Crippen molar-refractivity contribution in [2.75, 3.05) is 40.9 Å². The van der Waals surface area contributed by atoms with Crippen molar-refractivity contribution in [2.45, 2.75) is 238 Å². The average molecular weight is 853 g/mol. The van der Waals surface area contributed by atoms with E-state index >= 15 is 0 Å². The summed E-state index contributed by atoms with van der Waals surface area (Å²) < 4.78 is 23.2. The SMILES string of the molecule is CCCCCCCCCCCC/C=C\CCCCCCCCCC(=O)NC(COP(=O)([O-])OCC[N+](C)(C)C)C(O)/C=C/CC/C=C/CCCCCCCCCCCC. The van der Waals surface area contributed by atoms with Crippen molar-refractivity contribution in [1.29, 1.82) is 0 Å². The molecule has 348 valence electrons. The zero-order valence-electron chi connectivity index (χ0n) is 39.5. The van der Waals surface area contributed by atoms with Gasteiger partial charge in [0.1, 0.15) is 13.2 Å². The highest BCUT2D eigenvalue weighted by atomic mass is 31.2. The number of aliphatic hydroxyl groups is 1. The molecule has 3 unspecified atom stereocenters. The lowest BCUT2D eigenvalue weighted by Crippen LogP contribution is -2.45. The van der Waals surface area contributed by atoms with E-state index in [0.717, 1.165) is 38.5 Å². The summed E-state index contributed by atoms with van der Waals surface area (Å²) >= 11 is 0. The van der Waals surface area contributed by atoms with Gasteiger partial charge in [-0.25, -0.2) is 0 Å². The molecule has 0 aliphatic rings. The molecule has 0 aromatic carbocycles. The molecule has 0 radical (unpaired) electrons. The van der Waals surface area contributed by atoms with Gasteiger partial charge < -0.3 is 28.8 Å². The van der Waals surface area contributed by atoms with Gasteiger partial charge in [-0.2, -0.15) is 0 Å². The fourth-order valence-corrected chi connectivity index (χ4v) is 7.83. The number of likely N-dealkylation sites (N-methyl/N-ethyl adjacent to an activating group) is 1. The molecule has 2 N–H and O–H groups in total. The first-order chi connectivity index (χ1) is 28.5. The van der Waals surface area contributed by atoms with Gasteiger partial charge >= 0.3 is 0 Å². The second-order valence-electron chi connectivity index (χ2n) is 18.2. The summed E-state index contributed by atoms with van der Waals surface area (Å²) in [6, 6.07) is -0.904. The summed E-state index contributed by atoms with van der Waals surface area (Å²) in [5.74, 6) is -0.211.